The highest BCUT2D eigenvalue weighted by Crippen LogP contribution is 2.23. The standard InChI is InChI=1S/C21H21N3O/c25-20(17-10-13-22-14-11-17)21-23-18-8-4-5-9-19(18)24(21)15-12-16-6-2-1-3-7-16/h1-9,12,15,17,22H,10-11,13-14H2. The van der Waals surface area contributed by atoms with Gasteiger partial charge in [-0.15, -0.1) is 0 Å². The highest BCUT2D eigenvalue weighted by Gasteiger charge is 2.26. The van der Waals surface area contributed by atoms with E-state index in [4.69, 9.17) is 0 Å². The Balaban J connectivity index is 1.75. The monoisotopic (exact) mass is 331 g/mol. The van der Waals surface area contributed by atoms with Gasteiger partial charge in [-0.25, -0.2) is 4.98 Å². The van der Waals surface area contributed by atoms with Crippen LogP contribution in [-0.4, -0.2) is 28.4 Å². The number of para-hydroxylation sites is 2. The second-order valence-electron chi connectivity index (χ2n) is 6.41. The van der Waals surface area contributed by atoms with Crippen molar-refractivity contribution in [2.45, 2.75) is 12.8 Å². The van der Waals surface area contributed by atoms with Gasteiger partial charge in [0, 0.05) is 12.1 Å². The van der Waals surface area contributed by atoms with Crippen molar-refractivity contribution < 1.29 is 4.79 Å². The molecule has 0 spiro atoms. The molecule has 4 rings (SSSR count). The van der Waals surface area contributed by atoms with Crippen molar-refractivity contribution in [2.24, 2.45) is 5.92 Å². The molecule has 126 valence electrons. The van der Waals surface area contributed by atoms with E-state index in [-0.39, 0.29) is 11.7 Å². The Morgan fingerprint density at radius 2 is 1.76 bits per heavy atom. The molecule has 2 aromatic carbocycles. The Hall–Kier alpha value is -2.72. The van der Waals surface area contributed by atoms with Gasteiger partial charge in [0.2, 0.25) is 5.78 Å². The number of carbonyl (C=O) groups is 1. The number of nitrogens with one attached hydrogen (secondary N) is 1. The van der Waals surface area contributed by atoms with Crippen molar-refractivity contribution in [1.29, 1.82) is 0 Å². The molecule has 4 nitrogen and oxygen atoms in total. The zero-order valence-electron chi connectivity index (χ0n) is 14.1. The molecular formula is C21H21N3O. The molecule has 4 heteroatoms. The Labute approximate surface area is 147 Å². The predicted octanol–water partition coefficient (Wildman–Crippen LogP) is 3.85. The number of rotatable bonds is 4. The normalized spacial score (nSPS) is 15.8. The molecule has 25 heavy (non-hydrogen) atoms. The number of hydrogen-bond acceptors (Lipinski definition) is 3. The van der Waals surface area contributed by atoms with Gasteiger partial charge in [0.1, 0.15) is 0 Å². The lowest BCUT2D eigenvalue weighted by atomic mass is 9.93. The average molecular weight is 331 g/mol. The number of fused-ring (bicyclic) bond motifs is 1. The van der Waals surface area contributed by atoms with Crippen molar-refractivity contribution >= 4 is 29.1 Å². The molecule has 1 aliphatic rings. The molecular weight excluding hydrogens is 310 g/mol. The summed E-state index contributed by atoms with van der Waals surface area (Å²) in [5.41, 5.74) is 2.92. The number of ketones is 1. The van der Waals surface area contributed by atoms with E-state index < -0.39 is 0 Å². The minimum absolute atomic E-state index is 0.0573. The fourth-order valence-electron chi connectivity index (χ4n) is 3.36. The first-order valence-electron chi connectivity index (χ1n) is 8.78. The van der Waals surface area contributed by atoms with Crippen LogP contribution < -0.4 is 5.32 Å². The fraction of sp³-hybridized carbons (Fsp3) is 0.238. The Bertz CT molecular complexity index is 905. The highest BCUT2D eigenvalue weighted by molar-refractivity contribution is 5.99. The fourth-order valence-corrected chi connectivity index (χ4v) is 3.36. The molecule has 0 amide bonds. The first-order chi connectivity index (χ1) is 12.3. The first kappa shape index (κ1) is 15.8. The second-order valence-corrected chi connectivity index (χ2v) is 6.41. The lowest BCUT2D eigenvalue weighted by Gasteiger charge is -2.21. The molecule has 1 aromatic heterocycles. The van der Waals surface area contributed by atoms with E-state index in [1.54, 1.807) is 0 Å². The molecule has 1 aliphatic heterocycles. The van der Waals surface area contributed by atoms with E-state index in [2.05, 4.69) is 10.3 Å². The molecule has 0 atom stereocenters. The van der Waals surface area contributed by atoms with Crippen LogP contribution in [0.2, 0.25) is 0 Å². The third kappa shape index (κ3) is 3.26. The number of hydrogen-bond donors (Lipinski definition) is 1. The number of carbonyl (C=O) groups excluding carboxylic acids is 1. The van der Waals surface area contributed by atoms with E-state index in [1.165, 1.54) is 0 Å². The predicted molar refractivity (Wildman–Crippen MR) is 101 cm³/mol. The van der Waals surface area contributed by atoms with Crippen LogP contribution in [0.5, 0.6) is 0 Å². The SMILES string of the molecule is O=C(c1nc2ccccc2n1C=Cc1ccccc1)C1CCNCC1. The van der Waals surface area contributed by atoms with Gasteiger partial charge in [-0.2, -0.15) is 0 Å². The van der Waals surface area contributed by atoms with Crippen molar-refractivity contribution in [3.05, 3.63) is 66.0 Å². The number of Topliss-reactive ketones (excluding diaryl/α,β-unsaturated/α-hetero) is 1. The van der Waals surface area contributed by atoms with E-state index >= 15 is 0 Å². The topological polar surface area (TPSA) is 46.9 Å². The minimum Gasteiger partial charge on any atom is -0.317 e. The number of benzene rings is 2. The van der Waals surface area contributed by atoms with Gasteiger partial charge in [0.05, 0.1) is 11.0 Å². The van der Waals surface area contributed by atoms with Gasteiger partial charge in [0.25, 0.3) is 0 Å². The van der Waals surface area contributed by atoms with Crippen LogP contribution in [-0.2, 0) is 0 Å². The Morgan fingerprint density at radius 1 is 1.04 bits per heavy atom. The number of piperidine rings is 1. The van der Waals surface area contributed by atoms with Gasteiger partial charge in [-0.1, -0.05) is 42.5 Å². The summed E-state index contributed by atoms with van der Waals surface area (Å²) in [6.45, 7) is 1.80. The molecule has 1 N–H and O–H groups in total. The van der Waals surface area contributed by atoms with E-state index in [9.17, 15) is 4.79 Å². The summed E-state index contributed by atoms with van der Waals surface area (Å²) in [4.78, 5) is 17.7. The van der Waals surface area contributed by atoms with Crippen LogP contribution in [0, 0.1) is 5.92 Å². The van der Waals surface area contributed by atoms with Gasteiger partial charge >= 0.3 is 0 Å². The smallest absolute Gasteiger partial charge is 0.201 e. The number of aromatic nitrogens is 2. The maximum atomic E-state index is 13.1. The third-order valence-electron chi connectivity index (χ3n) is 4.74. The summed E-state index contributed by atoms with van der Waals surface area (Å²) in [6, 6.07) is 18.0. The quantitative estimate of drug-likeness (QED) is 0.739. The Morgan fingerprint density at radius 3 is 2.56 bits per heavy atom. The lowest BCUT2D eigenvalue weighted by molar-refractivity contribution is 0.0883. The number of nitrogens with zero attached hydrogens (tertiary/aromatic N) is 2. The summed E-state index contributed by atoms with van der Waals surface area (Å²) in [5, 5.41) is 3.32. The molecule has 0 radical (unpaired) electrons. The van der Waals surface area contributed by atoms with E-state index in [1.807, 2.05) is 71.4 Å². The van der Waals surface area contributed by atoms with Crippen LogP contribution in [0.15, 0.2) is 54.6 Å². The molecule has 3 aromatic rings. The van der Waals surface area contributed by atoms with Gasteiger partial charge in [0.15, 0.2) is 5.82 Å². The summed E-state index contributed by atoms with van der Waals surface area (Å²) >= 11 is 0. The van der Waals surface area contributed by atoms with Crippen molar-refractivity contribution in [3.63, 3.8) is 0 Å². The minimum atomic E-state index is 0.0573. The number of imidazole rings is 1. The van der Waals surface area contributed by atoms with Crippen LogP contribution >= 0.6 is 0 Å². The average Bonchev–Trinajstić information content (AvgIpc) is 3.06. The summed E-state index contributed by atoms with van der Waals surface area (Å²) in [7, 11) is 0. The summed E-state index contributed by atoms with van der Waals surface area (Å²) in [6.07, 6.45) is 5.74. The van der Waals surface area contributed by atoms with E-state index in [0.29, 0.717) is 5.82 Å². The first-order valence-corrected chi connectivity index (χ1v) is 8.78. The van der Waals surface area contributed by atoms with Crippen LogP contribution in [0.1, 0.15) is 29.0 Å². The molecule has 0 aliphatic carbocycles. The second kappa shape index (κ2) is 7.03. The summed E-state index contributed by atoms with van der Waals surface area (Å²) < 4.78 is 1.94. The van der Waals surface area contributed by atoms with Crippen LogP contribution in [0.4, 0.5) is 0 Å². The maximum Gasteiger partial charge on any atom is 0.201 e. The van der Waals surface area contributed by atoms with Gasteiger partial charge in [-0.3, -0.25) is 9.36 Å². The largest absolute Gasteiger partial charge is 0.317 e. The Kier molecular flexibility index (Phi) is 4.44. The van der Waals surface area contributed by atoms with Crippen LogP contribution in [0.25, 0.3) is 23.3 Å². The molecule has 1 saturated heterocycles. The van der Waals surface area contributed by atoms with Crippen LogP contribution in [0.3, 0.4) is 0 Å². The molecule has 2 heterocycles. The zero-order valence-corrected chi connectivity index (χ0v) is 14.1. The molecule has 0 saturated carbocycles. The zero-order chi connectivity index (χ0) is 17.1. The van der Waals surface area contributed by atoms with Gasteiger partial charge < -0.3 is 5.32 Å². The highest BCUT2D eigenvalue weighted by atomic mass is 16.1. The molecule has 0 unspecified atom stereocenters. The molecule has 0 bridgehead atoms. The molecule has 1 fully saturated rings. The third-order valence-corrected chi connectivity index (χ3v) is 4.74. The lowest BCUT2D eigenvalue weighted by Crippen LogP contribution is -2.32. The maximum absolute atomic E-state index is 13.1. The van der Waals surface area contributed by atoms with E-state index in [0.717, 1.165) is 42.5 Å². The van der Waals surface area contributed by atoms with Gasteiger partial charge in [-0.05, 0) is 49.7 Å². The van der Waals surface area contributed by atoms with Crippen molar-refractivity contribution in [1.82, 2.24) is 14.9 Å². The summed E-state index contributed by atoms with van der Waals surface area (Å²) in [5.74, 6) is 0.748. The van der Waals surface area contributed by atoms with Crippen molar-refractivity contribution in [3.8, 4) is 0 Å². The van der Waals surface area contributed by atoms with Crippen molar-refractivity contribution in [2.75, 3.05) is 13.1 Å².